The zero-order valence-electron chi connectivity index (χ0n) is 10.2. The molecule has 3 aliphatic rings. The maximum atomic E-state index is 12.6. The molecule has 0 radical (unpaired) electrons. The van der Waals surface area contributed by atoms with E-state index in [9.17, 15) is 9.90 Å². The molecule has 1 N–H and O–H groups in total. The van der Waals surface area contributed by atoms with E-state index in [0.717, 1.165) is 16.6 Å². The van der Waals surface area contributed by atoms with Gasteiger partial charge in [0.05, 0.1) is 5.92 Å². The van der Waals surface area contributed by atoms with Crippen LogP contribution < -0.4 is 4.90 Å². The summed E-state index contributed by atoms with van der Waals surface area (Å²) in [4.78, 5) is 14.2. The Morgan fingerprint density at radius 3 is 2.53 bits per heavy atom. The molecule has 2 fully saturated rings. The molecule has 1 aromatic rings. The molecule has 1 amide bonds. The topological polar surface area (TPSA) is 40.5 Å². The largest absolute Gasteiger partial charge is 0.373 e. The van der Waals surface area contributed by atoms with Crippen LogP contribution in [0.2, 0.25) is 0 Å². The molecule has 1 aliphatic heterocycles. The Morgan fingerprint density at radius 1 is 1.16 bits per heavy atom. The fraction of sp³-hybridized carbons (Fsp3) is 0.400. The first-order valence-corrected chi connectivity index (χ1v) is 7.41. The molecule has 1 saturated carbocycles. The van der Waals surface area contributed by atoms with Crippen molar-refractivity contribution >= 4 is 27.5 Å². The minimum Gasteiger partial charge on any atom is -0.373 e. The lowest BCUT2D eigenvalue weighted by Crippen LogP contribution is -2.36. The van der Waals surface area contributed by atoms with Crippen molar-refractivity contribution in [3.05, 3.63) is 40.9 Å². The van der Waals surface area contributed by atoms with Gasteiger partial charge >= 0.3 is 0 Å². The van der Waals surface area contributed by atoms with Crippen LogP contribution in [0.15, 0.2) is 40.9 Å². The molecule has 0 aromatic heterocycles. The standard InChI is InChI=1S/C15H14BrNO2/c16-10-3-5-11(6-4-10)17-14(18)12-8-1-2-9(7-8)13(12)15(17)19/h1-6,8-9,12-14,18H,7H2/t8-,9-,12+,13+,14-/m0/s1. The number of amides is 1. The van der Waals surface area contributed by atoms with Gasteiger partial charge in [-0.1, -0.05) is 28.1 Å². The third-order valence-corrected chi connectivity index (χ3v) is 5.29. The number of anilines is 1. The van der Waals surface area contributed by atoms with Crippen LogP contribution in [-0.4, -0.2) is 17.2 Å². The molecule has 1 heterocycles. The van der Waals surface area contributed by atoms with Gasteiger partial charge in [0.25, 0.3) is 0 Å². The average Bonchev–Trinajstić information content (AvgIpc) is 3.06. The van der Waals surface area contributed by atoms with Crippen molar-refractivity contribution in [3.8, 4) is 0 Å². The molecule has 2 aliphatic carbocycles. The van der Waals surface area contributed by atoms with Crippen LogP contribution >= 0.6 is 15.9 Å². The number of allylic oxidation sites excluding steroid dienone is 2. The molecule has 2 bridgehead atoms. The van der Waals surface area contributed by atoms with Crippen LogP contribution in [-0.2, 0) is 4.79 Å². The molecule has 5 atom stereocenters. The number of carbonyl (C=O) groups is 1. The molecular formula is C15H14BrNO2. The predicted molar refractivity (Wildman–Crippen MR) is 75.4 cm³/mol. The van der Waals surface area contributed by atoms with Gasteiger partial charge in [-0.25, -0.2) is 0 Å². The van der Waals surface area contributed by atoms with E-state index < -0.39 is 6.23 Å². The van der Waals surface area contributed by atoms with E-state index in [1.165, 1.54) is 0 Å². The molecule has 1 aromatic carbocycles. The Labute approximate surface area is 120 Å². The van der Waals surface area contributed by atoms with E-state index in [-0.39, 0.29) is 17.7 Å². The van der Waals surface area contributed by atoms with Gasteiger partial charge in [-0.2, -0.15) is 0 Å². The highest BCUT2D eigenvalue weighted by molar-refractivity contribution is 9.10. The second kappa shape index (κ2) is 3.93. The van der Waals surface area contributed by atoms with Crippen molar-refractivity contribution in [2.45, 2.75) is 12.6 Å². The molecule has 1 saturated heterocycles. The van der Waals surface area contributed by atoms with E-state index >= 15 is 0 Å². The highest BCUT2D eigenvalue weighted by Gasteiger charge is 2.59. The zero-order chi connectivity index (χ0) is 13.1. The summed E-state index contributed by atoms with van der Waals surface area (Å²) in [6.45, 7) is 0. The SMILES string of the molecule is O=C1[C@H]2[C@@H]([C@H]3C=C[C@H]2C3)[C@H](O)N1c1ccc(Br)cc1. The number of hydrogen-bond donors (Lipinski definition) is 1. The Hall–Kier alpha value is -1.13. The van der Waals surface area contributed by atoms with Crippen molar-refractivity contribution < 1.29 is 9.90 Å². The number of aliphatic hydroxyl groups is 1. The first-order chi connectivity index (χ1) is 9.16. The average molecular weight is 320 g/mol. The minimum absolute atomic E-state index is 0.0198. The fourth-order valence-corrected chi connectivity index (χ4v) is 4.22. The third kappa shape index (κ3) is 1.50. The van der Waals surface area contributed by atoms with E-state index in [1.807, 2.05) is 24.3 Å². The smallest absolute Gasteiger partial charge is 0.233 e. The summed E-state index contributed by atoms with van der Waals surface area (Å²) in [6, 6.07) is 7.55. The van der Waals surface area contributed by atoms with Gasteiger partial charge in [-0.3, -0.25) is 9.69 Å². The van der Waals surface area contributed by atoms with Crippen LogP contribution in [0.5, 0.6) is 0 Å². The Morgan fingerprint density at radius 2 is 1.84 bits per heavy atom. The maximum absolute atomic E-state index is 12.6. The van der Waals surface area contributed by atoms with Crippen LogP contribution in [0.1, 0.15) is 6.42 Å². The Kier molecular flexibility index (Phi) is 2.42. The van der Waals surface area contributed by atoms with Crippen LogP contribution in [0.3, 0.4) is 0 Å². The molecule has 3 nitrogen and oxygen atoms in total. The molecule has 19 heavy (non-hydrogen) atoms. The van der Waals surface area contributed by atoms with E-state index in [2.05, 4.69) is 28.1 Å². The first-order valence-electron chi connectivity index (χ1n) is 6.62. The first kappa shape index (κ1) is 11.7. The van der Waals surface area contributed by atoms with Gasteiger partial charge in [-0.15, -0.1) is 0 Å². The Balaban J connectivity index is 1.72. The normalized spacial score (nSPS) is 39.2. The van der Waals surface area contributed by atoms with E-state index in [1.54, 1.807) is 4.90 Å². The summed E-state index contributed by atoms with van der Waals surface area (Å²) >= 11 is 3.39. The highest BCUT2D eigenvalue weighted by Crippen LogP contribution is 2.54. The Bertz CT molecular complexity index is 568. The fourth-order valence-electron chi connectivity index (χ4n) is 3.96. The molecule has 98 valence electrons. The molecule has 0 unspecified atom stereocenters. The van der Waals surface area contributed by atoms with Crippen molar-refractivity contribution in [2.24, 2.45) is 23.7 Å². The van der Waals surface area contributed by atoms with Crippen LogP contribution in [0.4, 0.5) is 5.69 Å². The number of carbonyl (C=O) groups excluding carboxylic acids is 1. The molecule has 0 spiro atoms. The quantitative estimate of drug-likeness (QED) is 0.808. The minimum atomic E-state index is -0.682. The lowest BCUT2D eigenvalue weighted by atomic mass is 9.85. The van der Waals surface area contributed by atoms with Crippen molar-refractivity contribution in [1.82, 2.24) is 0 Å². The number of aliphatic hydroxyl groups excluding tert-OH is 1. The number of nitrogens with zero attached hydrogens (tertiary/aromatic N) is 1. The summed E-state index contributed by atoms with van der Waals surface area (Å²) in [5, 5.41) is 10.5. The molecule has 4 rings (SSSR count). The zero-order valence-corrected chi connectivity index (χ0v) is 11.8. The molecule has 4 heteroatoms. The van der Waals surface area contributed by atoms with Gasteiger partial charge < -0.3 is 5.11 Å². The number of halogens is 1. The number of rotatable bonds is 1. The summed E-state index contributed by atoms with van der Waals surface area (Å²) in [7, 11) is 0. The summed E-state index contributed by atoms with van der Waals surface area (Å²) < 4.78 is 0.972. The summed E-state index contributed by atoms with van der Waals surface area (Å²) in [5.74, 6) is 0.837. The summed E-state index contributed by atoms with van der Waals surface area (Å²) in [5.41, 5.74) is 0.787. The lowest BCUT2D eigenvalue weighted by molar-refractivity contribution is -0.121. The van der Waals surface area contributed by atoms with Gasteiger partial charge in [0.15, 0.2) is 0 Å². The predicted octanol–water partition coefficient (Wildman–Crippen LogP) is 2.55. The van der Waals surface area contributed by atoms with Crippen molar-refractivity contribution in [1.29, 1.82) is 0 Å². The van der Waals surface area contributed by atoms with Gasteiger partial charge in [0.1, 0.15) is 6.23 Å². The van der Waals surface area contributed by atoms with Crippen molar-refractivity contribution in [2.75, 3.05) is 4.90 Å². The number of benzene rings is 1. The number of hydrogen-bond acceptors (Lipinski definition) is 2. The highest BCUT2D eigenvalue weighted by atomic mass is 79.9. The van der Waals surface area contributed by atoms with E-state index in [0.29, 0.717) is 11.8 Å². The van der Waals surface area contributed by atoms with Crippen molar-refractivity contribution in [3.63, 3.8) is 0 Å². The lowest BCUT2D eigenvalue weighted by Gasteiger charge is -2.25. The summed E-state index contributed by atoms with van der Waals surface area (Å²) in [6.07, 6.45) is 4.68. The van der Waals surface area contributed by atoms with Crippen LogP contribution in [0, 0.1) is 23.7 Å². The molecular weight excluding hydrogens is 306 g/mol. The monoisotopic (exact) mass is 319 g/mol. The van der Waals surface area contributed by atoms with Crippen LogP contribution in [0.25, 0.3) is 0 Å². The van der Waals surface area contributed by atoms with Gasteiger partial charge in [-0.05, 0) is 42.5 Å². The van der Waals surface area contributed by atoms with Gasteiger partial charge in [0, 0.05) is 16.1 Å². The second-order valence-electron chi connectivity index (χ2n) is 5.65. The third-order valence-electron chi connectivity index (χ3n) is 4.76. The second-order valence-corrected chi connectivity index (χ2v) is 6.57. The van der Waals surface area contributed by atoms with Gasteiger partial charge in [0.2, 0.25) is 5.91 Å². The van der Waals surface area contributed by atoms with E-state index in [4.69, 9.17) is 0 Å². The number of fused-ring (bicyclic) bond motifs is 5. The maximum Gasteiger partial charge on any atom is 0.233 e.